The molecule has 0 aliphatic rings. The average Bonchev–Trinajstić information content (AvgIpc) is 2.17. The molecule has 5 nitrogen and oxygen atoms in total. The van der Waals surface area contributed by atoms with Crippen LogP contribution in [0, 0.1) is 0 Å². The highest BCUT2D eigenvalue weighted by Gasteiger charge is 2.07. The Morgan fingerprint density at radius 1 is 1.31 bits per heavy atom. The molecular formula is C11H22N2O3. The highest BCUT2D eigenvalue weighted by molar-refractivity contribution is 5.87. The highest BCUT2D eigenvalue weighted by atomic mass is 16.3. The molecule has 0 spiro atoms. The summed E-state index contributed by atoms with van der Waals surface area (Å²) < 4.78 is 0. The summed E-state index contributed by atoms with van der Waals surface area (Å²) >= 11 is 0. The van der Waals surface area contributed by atoms with Crippen LogP contribution in [-0.4, -0.2) is 65.6 Å². The van der Waals surface area contributed by atoms with Gasteiger partial charge >= 0.3 is 0 Å². The van der Waals surface area contributed by atoms with E-state index in [0.717, 1.165) is 6.54 Å². The van der Waals surface area contributed by atoms with Gasteiger partial charge in [-0.1, -0.05) is 0 Å². The Bertz CT molecular complexity index is 241. The predicted molar refractivity (Wildman–Crippen MR) is 63.2 cm³/mol. The van der Waals surface area contributed by atoms with Crippen LogP contribution in [0.1, 0.15) is 13.8 Å². The number of hydrogen-bond donors (Lipinski definition) is 2. The minimum atomic E-state index is -0.167. The molecular weight excluding hydrogens is 208 g/mol. The molecule has 0 amide bonds. The largest absolute Gasteiger partial charge is 0.495 e. The zero-order chi connectivity index (χ0) is 12.6. The first-order chi connectivity index (χ1) is 7.51. The lowest BCUT2D eigenvalue weighted by Gasteiger charge is -2.24. The van der Waals surface area contributed by atoms with Gasteiger partial charge in [0.15, 0.2) is 11.7 Å². The second-order valence-electron chi connectivity index (χ2n) is 3.72. The quantitative estimate of drug-likeness (QED) is 0.461. The van der Waals surface area contributed by atoms with Gasteiger partial charge in [0.1, 0.15) is 0 Å². The summed E-state index contributed by atoms with van der Waals surface area (Å²) in [4.78, 5) is 14.5. The van der Waals surface area contributed by atoms with Gasteiger partial charge in [0.05, 0.1) is 6.61 Å². The Morgan fingerprint density at radius 3 is 2.38 bits per heavy atom. The average molecular weight is 230 g/mol. The molecule has 94 valence electrons. The van der Waals surface area contributed by atoms with Gasteiger partial charge < -0.3 is 20.0 Å². The lowest BCUT2D eigenvalue weighted by molar-refractivity contribution is -0.112. The molecule has 2 N–H and O–H groups in total. The van der Waals surface area contributed by atoms with E-state index in [4.69, 9.17) is 5.11 Å². The molecule has 0 radical (unpaired) electrons. The fourth-order valence-corrected chi connectivity index (χ4v) is 1.28. The van der Waals surface area contributed by atoms with Crippen molar-refractivity contribution in [3.05, 3.63) is 12.0 Å². The number of hydrogen-bond acceptors (Lipinski definition) is 5. The van der Waals surface area contributed by atoms with Gasteiger partial charge in [-0.2, -0.15) is 0 Å². The first-order valence-corrected chi connectivity index (χ1v) is 5.46. The van der Waals surface area contributed by atoms with Gasteiger partial charge in [0, 0.05) is 32.3 Å². The smallest absolute Gasteiger partial charge is 0.190 e. The van der Waals surface area contributed by atoms with Crippen LogP contribution in [0.25, 0.3) is 0 Å². The highest BCUT2D eigenvalue weighted by Crippen LogP contribution is 2.00. The minimum Gasteiger partial charge on any atom is -0.495 e. The van der Waals surface area contributed by atoms with Crippen molar-refractivity contribution in [1.82, 2.24) is 9.80 Å². The van der Waals surface area contributed by atoms with Gasteiger partial charge in [-0.15, -0.1) is 0 Å². The predicted octanol–water partition coefficient (Wildman–Crippen LogP) is 0.221. The summed E-state index contributed by atoms with van der Waals surface area (Å²) in [5.74, 6) is -0.160. The van der Waals surface area contributed by atoms with Crippen LogP contribution < -0.4 is 0 Å². The molecule has 0 aromatic rings. The fraction of sp³-hybridized carbons (Fsp3) is 0.727. The summed E-state index contributed by atoms with van der Waals surface area (Å²) in [5.41, 5.74) is 0. The number of carbonyl (C=O) groups excluding carboxylic acids is 1. The van der Waals surface area contributed by atoms with Crippen LogP contribution in [0.2, 0.25) is 0 Å². The van der Waals surface area contributed by atoms with Crippen LogP contribution in [-0.2, 0) is 4.79 Å². The summed E-state index contributed by atoms with van der Waals surface area (Å²) in [6.45, 7) is 6.04. The van der Waals surface area contributed by atoms with Gasteiger partial charge in [-0.25, -0.2) is 0 Å². The van der Waals surface area contributed by atoms with E-state index in [-0.39, 0.29) is 18.3 Å². The Morgan fingerprint density at radius 2 is 1.94 bits per heavy atom. The van der Waals surface area contributed by atoms with E-state index in [1.165, 1.54) is 13.0 Å². The summed E-state index contributed by atoms with van der Waals surface area (Å²) in [6, 6.07) is 0. The molecule has 0 unspecified atom stereocenters. The molecule has 0 aromatic heterocycles. The Balaban J connectivity index is 4.15. The van der Waals surface area contributed by atoms with E-state index in [0.29, 0.717) is 19.6 Å². The molecule has 5 heteroatoms. The number of carbonyl (C=O) groups is 1. The molecule has 0 heterocycles. The monoisotopic (exact) mass is 230 g/mol. The third-order valence-electron chi connectivity index (χ3n) is 2.27. The van der Waals surface area contributed by atoms with Crippen LogP contribution >= 0.6 is 0 Å². The number of ketones is 1. The second kappa shape index (κ2) is 8.13. The lowest BCUT2D eigenvalue weighted by Crippen LogP contribution is -2.34. The SMILES string of the molecule is CCN(CCN(C)CCO)/C(O)=C/C(C)=O. The van der Waals surface area contributed by atoms with Crippen LogP contribution in [0.5, 0.6) is 0 Å². The molecule has 0 bridgehead atoms. The third kappa shape index (κ3) is 6.42. The molecule has 0 aromatic carbocycles. The van der Waals surface area contributed by atoms with Crippen molar-refractivity contribution < 1.29 is 15.0 Å². The first kappa shape index (κ1) is 14.9. The van der Waals surface area contributed by atoms with Crippen LogP contribution in [0.4, 0.5) is 0 Å². The van der Waals surface area contributed by atoms with Crippen molar-refractivity contribution in [2.45, 2.75) is 13.8 Å². The normalized spacial score (nSPS) is 11.9. The van der Waals surface area contributed by atoms with Gasteiger partial charge in [-0.05, 0) is 20.9 Å². The molecule has 0 aliphatic heterocycles. The summed E-state index contributed by atoms with van der Waals surface area (Å²) in [5, 5.41) is 18.3. The van der Waals surface area contributed by atoms with E-state index in [2.05, 4.69) is 0 Å². The van der Waals surface area contributed by atoms with Crippen molar-refractivity contribution in [3.63, 3.8) is 0 Å². The molecule has 0 rings (SSSR count). The number of aliphatic hydroxyl groups excluding tert-OH is 2. The number of nitrogens with zero attached hydrogens (tertiary/aromatic N) is 2. The third-order valence-corrected chi connectivity index (χ3v) is 2.27. The van der Waals surface area contributed by atoms with E-state index >= 15 is 0 Å². The van der Waals surface area contributed by atoms with Crippen molar-refractivity contribution in [2.75, 3.05) is 39.8 Å². The number of rotatable bonds is 8. The maximum absolute atomic E-state index is 10.8. The number of allylic oxidation sites excluding steroid dienone is 1. The Kier molecular flexibility index (Phi) is 7.58. The van der Waals surface area contributed by atoms with Crippen LogP contribution in [0.15, 0.2) is 12.0 Å². The van der Waals surface area contributed by atoms with Crippen molar-refractivity contribution in [2.24, 2.45) is 0 Å². The zero-order valence-corrected chi connectivity index (χ0v) is 10.3. The fourth-order valence-electron chi connectivity index (χ4n) is 1.28. The van der Waals surface area contributed by atoms with E-state index in [9.17, 15) is 9.90 Å². The van der Waals surface area contributed by atoms with Crippen LogP contribution in [0.3, 0.4) is 0 Å². The second-order valence-corrected chi connectivity index (χ2v) is 3.72. The van der Waals surface area contributed by atoms with E-state index < -0.39 is 0 Å². The van der Waals surface area contributed by atoms with Crippen molar-refractivity contribution in [1.29, 1.82) is 0 Å². The van der Waals surface area contributed by atoms with Crippen molar-refractivity contribution >= 4 is 5.78 Å². The summed E-state index contributed by atoms with van der Waals surface area (Å²) in [6.07, 6.45) is 1.22. The molecule has 0 saturated heterocycles. The Labute approximate surface area is 97.0 Å². The molecule has 0 aliphatic carbocycles. The van der Waals surface area contributed by atoms with Gasteiger partial charge in [0.2, 0.25) is 0 Å². The van der Waals surface area contributed by atoms with Gasteiger partial charge in [-0.3, -0.25) is 4.79 Å². The lowest BCUT2D eigenvalue weighted by atomic mass is 10.4. The zero-order valence-electron chi connectivity index (χ0n) is 10.3. The van der Waals surface area contributed by atoms with Crippen molar-refractivity contribution in [3.8, 4) is 0 Å². The molecule has 0 fully saturated rings. The van der Waals surface area contributed by atoms with E-state index in [1.54, 1.807) is 4.90 Å². The maximum Gasteiger partial charge on any atom is 0.190 e. The number of aliphatic hydroxyl groups is 2. The standard InChI is InChI=1S/C11H22N2O3/c1-4-13(11(16)9-10(2)15)6-5-12(3)7-8-14/h9,14,16H,4-8H2,1-3H3/b11-9-. The molecule has 0 atom stereocenters. The molecule has 0 saturated carbocycles. The van der Waals surface area contributed by atoms with Gasteiger partial charge in [0.25, 0.3) is 0 Å². The Hall–Kier alpha value is -1.07. The summed E-state index contributed by atoms with van der Waals surface area (Å²) in [7, 11) is 1.90. The first-order valence-electron chi connectivity index (χ1n) is 5.46. The molecule has 16 heavy (non-hydrogen) atoms. The number of likely N-dealkylation sites (N-methyl/N-ethyl adjacent to an activating group) is 2. The maximum atomic E-state index is 10.8. The topological polar surface area (TPSA) is 64.0 Å². The van der Waals surface area contributed by atoms with E-state index in [1.807, 2.05) is 18.9 Å². The minimum absolute atomic E-state index is 0.00685.